The summed E-state index contributed by atoms with van der Waals surface area (Å²) in [5, 5.41) is 6.25. The van der Waals surface area contributed by atoms with E-state index in [4.69, 9.17) is 0 Å². The first-order valence-electron chi connectivity index (χ1n) is 3.92. The summed E-state index contributed by atoms with van der Waals surface area (Å²) in [4.78, 5) is 0. The lowest BCUT2D eigenvalue weighted by molar-refractivity contribution is 0.374. The minimum Gasteiger partial charge on any atom is -0.301 e. The van der Waals surface area contributed by atoms with Gasteiger partial charge in [-0.3, -0.25) is 0 Å². The van der Waals surface area contributed by atoms with Gasteiger partial charge in [-0.05, 0) is 19.8 Å². The van der Waals surface area contributed by atoms with Crippen LogP contribution in [-0.2, 0) is 0 Å². The van der Waals surface area contributed by atoms with E-state index in [0.29, 0.717) is 5.41 Å². The Balaban J connectivity index is 2.28. The largest absolute Gasteiger partial charge is 0.301 e. The van der Waals surface area contributed by atoms with E-state index in [2.05, 4.69) is 25.2 Å². The number of nitrogens with zero attached hydrogens (tertiary/aromatic N) is 2. The number of hydrogen-bond acceptors (Lipinski definition) is 2. The summed E-state index contributed by atoms with van der Waals surface area (Å²) in [6.07, 6.45) is 4.71. The molecule has 0 aliphatic heterocycles. The molecule has 0 aromatic rings. The molecule has 1 saturated carbocycles. The Bertz CT molecular complexity index is 136. The Kier molecular flexibility index (Phi) is 1.97. The first kappa shape index (κ1) is 7.58. The fourth-order valence-electron chi connectivity index (χ4n) is 0.646. The molecule has 0 amide bonds. The first-order valence-corrected chi connectivity index (χ1v) is 3.92. The van der Waals surface area contributed by atoms with Crippen LogP contribution in [0, 0.1) is 5.41 Å². The predicted octanol–water partition coefficient (Wildman–Crippen LogP) is 1.72. The molecule has 0 bridgehead atoms. The maximum atomic E-state index is 4.28. The third kappa shape index (κ3) is 2.01. The number of hydrazone groups is 1. The second-order valence-corrected chi connectivity index (χ2v) is 3.37. The molecule has 0 aromatic heterocycles. The Morgan fingerprint density at radius 2 is 2.20 bits per heavy atom. The highest BCUT2D eigenvalue weighted by Crippen LogP contribution is 2.42. The molecule has 1 fully saturated rings. The van der Waals surface area contributed by atoms with E-state index in [1.807, 2.05) is 12.1 Å². The fraction of sp³-hybridized carbons (Fsp3) is 0.875. The SMILES string of the molecule is CCN(C)/N=C/C1(C)CC1. The molecule has 0 saturated heterocycles. The van der Waals surface area contributed by atoms with Gasteiger partial charge in [-0.25, -0.2) is 0 Å². The summed E-state index contributed by atoms with van der Waals surface area (Å²) in [6.45, 7) is 5.35. The van der Waals surface area contributed by atoms with E-state index in [9.17, 15) is 0 Å². The lowest BCUT2D eigenvalue weighted by Crippen LogP contribution is -2.11. The van der Waals surface area contributed by atoms with Crippen molar-refractivity contribution in [1.29, 1.82) is 0 Å². The van der Waals surface area contributed by atoms with Crippen LogP contribution in [0.1, 0.15) is 26.7 Å². The van der Waals surface area contributed by atoms with E-state index in [1.54, 1.807) is 0 Å². The van der Waals surface area contributed by atoms with Crippen molar-refractivity contribution in [3.8, 4) is 0 Å². The molecule has 0 aromatic carbocycles. The average molecular weight is 140 g/mol. The van der Waals surface area contributed by atoms with E-state index in [-0.39, 0.29) is 0 Å². The predicted molar refractivity (Wildman–Crippen MR) is 44.1 cm³/mol. The highest BCUT2D eigenvalue weighted by Gasteiger charge is 2.35. The summed E-state index contributed by atoms with van der Waals surface area (Å²) in [7, 11) is 2.00. The Morgan fingerprint density at radius 1 is 1.60 bits per heavy atom. The summed E-state index contributed by atoms with van der Waals surface area (Å²) in [6, 6.07) is 0. The van der Waals surface area contributed by atoms with Crippen LogP contribution in [0.2, 0.25) is 0 Å². The van der Waals surface area contributed by atoms with Gasteiger partial charge >= 0.3 is 0 Å². The zero-order chi connectivity index (χ0) is 7.61. The zero-order valence-electron chi connectivity index (χ0n) is 7.09. The lowest BCUT2D eigenvalue weighted by atomic mass is 10.2. The van der Waals surface area contributed by atoms with Gasteiger partial charge in [-0.2, -0.15) is 5.10 Å². The third-order valence-electron chi connectivity index (χ3n) is 2.06. The maximum Gasteiger partial charge on any atom is 0.0328 e. The molecular weight excluding hydrogens is 124 g/mol. The number of hydrogen-bond donors (Lipinski definition) is 0. The van der Waals surface area contributed by atoms with Crippen LogP contribution in [0.3, 0.4) is 0 Å². The standard InChI is InChI=1S/C8H16N2/c1-4-10(3)9-7-8(2)5-6-8/h7H,4-6H2,1-3H3/b9-7+. The highest BCUT2D eigenvalue weighted by atomic mass is 15.4. The van der Waals surface area contributed by atoms with Crippen LogP contribution in [0.15, 0.2) is 5.10 Å². The van der Waals surface area contributed by atoms with Crippen LogP contribution >= 0.6 is 0 Å². The van der Waals surface area contributed by atoms with Gasteiger partial charge in [0.25, 0.3) is 0 Å². The van der Waals surface area contributed by atoms with Crippen molar-refractivity contribution in [2.45, 2.75) is 26.7 Å². The quantitative estimate of drug-likeness (QED) is 0.430. The molecule has 1 rings (SSSR count). The van der Waals surface area contributed by atoms with Gasteiger partial charge in [-0.1, -0.05) is 6.92 Å². The minimum absolute atomic E-state index is 0.448. The second-order valence-electron chi connectivity index (χ2n) is 3.37. The molecule has 0 N–H and O–H groups in total. The monoisotopic (exact) mass is 140 g/mol. The van der Waals surface area contributed by atoms with Crippen molar-refractivity contribution in [3.05, 3.63) is 0 Å². The molecule has 1 aliphatic rings. The Morgan fingerprint density at radius 3 is 2.60 bits per heavy atom. The molecule has 0 atom stereocenters. The van der Waals surface area contributed by atoms with Gasteiger partial charge < -0.3 is 5.01 Å². The van der Waals surface area contributed by atoms with E-state index in [0.717, 1.165) is 6.54 Å². The summed E-state index contributed by atoms with van der Waals surface area (Å²) in [5.41, 5.74) is 0.448. The van der Waals surface area contributed by atoms with Gasteiger partial charge in [0.15, 0.2) is 0 Å². The highest BCUT2D eigenvalue weighted by molar-refractivity contribution is 5.68. The van der Waals surface area contributed by atoms with Gasteiger partial charge in [0, 0.05) is 25.2 Å². The molecule has 58 valence electrons. The summed E-state index contributed by atoms with van der Waals surface area (Å²) in [5.74, 6) is 0. The summed E-state index contributed by atoms with van der Waals surface area (Å²) >= 11 is 0. The van der Waals surface area contributed by atoms with Crippen LogP contribution in [-0.4, -0.2) is 24.8 Å². The van der Waals surface area contributed by atoms with Crippen molar-refractivity contribution in [3.63, 3.8) is 0 Å². The van der Waals surface area contributed by atoms with E-state index < -0.39 is 0 Å². The van der Waals surface area contributed by atoms with Gasteiger partial charge in [-0.15, -0.1) is 0 Å². The Hall–Kier alpha value is -0.530. The van der Waals surface area contributed by atoms with Gasteiger partial charge in [0.05, 0.1) is 0 Å². The molecule has 2 nitrogen and oxygen atoms in total. The van der Waals surface area contributed by atoms with Crippen LogP contribution in [0.5, 0.6) is 0 Å². The lowest BCUT2D eigenvalue weighted by Gasteiger charge is -2.09. The van der Waals surface area contributed by atoms with Gasteiger partial charge in [0.1, 0.15) is 0 Å². The smallest absolute Gasteiger partial charge is 0.0328 e. The van der Waals surface area contributed by atoms with Gasteiger partial charge in [0.2, 0.25) is 0 Å². The fourth-order valence-corrected chi connectivity index (χ4v) is 0.646. The molecule has 0 unspecified atom stereocenters. The second kappa shape index (κ2) is 2.60. The maximum absolute atomic E-state index is 4.28. The van der Waals surface area contributed by atoms with E-state index in [1.165, 1.54) is 12.8 Å². The van der Waals surface area contributed by atoms with Crippen LogP contribution in [0.4, 0.5) is 0 Å². The van der Waals surface area contributed by atoms with Crippen molar-refractivity contribution in [2.24, 2.45) is 10.5 Å². The zero-order valence-corrected chi connectivity index (χ0v) is 7.09. The minimum atomic E-state index is 0.448. The topological polar surface area (TPSA) is 15.6 Å². The average Bonchev–Trinajstić information content (AvgIpc) is 2.64. The normalized spacial score (nSPS) is 21.5. The van der Waals surface area contributed by atoms with Crippen LogP contribution < -0.4 is 0 Å². The van der Waals surface area contributed by atoms with Crippen molar-refractivity contribution >= 4 is 6.21 Å². The molecule has 0 radical (unpaired) electrons. The molecule has 10 heavy (non-hydrogen) atoms. The Labute approximate surface area is 62.9 Å². The third-order valence-corrected chi connectivity index (χ3v) is 2.06. The summed E-state index contributed by atoms with van der Waals surface area (Å²) < 4.78 is 0. The van der Waals surface area contributed by atoms with Crippen molar-refractivity contribution < 1.29 is 0 Å². The number of rotatable bonds is 3. The first-order chi connectivity index (χ1) is 4.66. The van der Waals surface area contributed by atoms with Crippen LogP contribution in [0.25, 0.3) is 0 Å². The molecular formula is C8H16N2. The molecule has 0 spiro atoms. The molecule has 1 aliphatic carbocycles. The van der Waals surface area contributed by atoms with Crippen molar-refractivity contribution in [2.75, 3.05) is 13.6 Å². The molecule has 0 heterocycles. The molecule has 2 heteroatoms. The van der Waals surface area contributed by atoms with E-state index >= 15 is 0 Å². The van der Waals surface area contributed by atoms with Crippen molar-refractivity contribution in [1.82, 2.24) is 5.01 Å².